The first kappa shape index (κ1) is 68.8. The van der Waals surface area contributed by atoms with Crippen LogP contribution in [0, 0.1) is 0 Å². The third-order valence-corrected chi connectivity index (χ3v) is 19.6. The molecule has 107 heavy (non-hydrogen) atoms. The maximum atomic E-state index is 2.31. The predicted molar refractivity (Wildman–Crippen MR) is 458 cm³/mol. The van der Waals surface area contributed by atoms with Gasteiger partial charge in [0.1, 0.15) is 0 Å². The Bertz CT molecular complexity index is 5660. The van der Waals surface area contributed by atoms with Crippen LogP contribution in [0.1, 0.15) is 0 Å². The normalized spacial score (nSPS) is 10.8. The van der Waals surface area contributed by atoms with E-state index < -0.39 is 0 Å². The van der Waals surface area contributed by atoms with Gasteiger partial charge in [0.2, 0.25) is 0 Å². The number of anilines is 15. The molecular weight excluding hydrogens is 1300 g/mol. The zero-order valence-corrected chi connectivity index (χ0v) is 60.3. The molecule has 0 N–H and O–H groups in total. The number of nitrogens with zero attached hydrogens (tertiary/aromatic N) is 6. The molecule has 17 aromatic carbocycles. The molecule has 0 amide bonds. The van der Waals surface area contributed by atoms with Crippen molar-refractivity contribution in [2.75, 3.05) is 50.5 Å². The molecule has 17 rings (SSSR count). The summed E-state index contributed by atoms with van der Waals surface area (Å²) in [7, 11) is 6.36. The molecule has 17 aromatic rings. The van der Waals surface area contributed by atoms with Crippen molar-refractivity contribution in [2.24, 2.45) is 0 Å². The highest BCUT2D eigenvalue weighted by Crippen LogP contribution is 2.43. The van der Waals surface area contributed by atoms with E-state index in [1.807, 2.05) is 6.07 Å². The van der Waals surface area contributed by atoms with Crippen molar-refractivity contribution in [1.29, 1.82) is 0 Å². The molecule has 516 valence electrons. The minimum Gasteiger partial charge on any atom is -0.345 e. The largest absolute Gasteiger partial charge is 0.345 e. The van der Waals surface area contributed by atoms with Crippen molar-refractivity contribution in [1.82, 2.24) is 0 Å². The Labute approximate surface area is 629 Å². The molecule has 0 fully saturated rings. The minimum atomic E-state index is 1.12. The zero-order chi connectivity index (χ0) is 72.5. The Kier molecular flexibility index (Phi) is 21.2. The smallest absolute Gasteiger partial charge is 0.0487 e. The number of rotatable bonds is 18. The average molecular weight is 1380 g/mol. The first-order chi connectivity index (χ1) is 52.8. The zero-order valence-electron chi connectivity index (χ0n) is 60.3. The van der Waals surface area contributed by atoms with Gasteiger partial charge in [-0.15, -0.1) is 0 Å². The first-order valence-electron chi connectivity index (χ1n) is 36.4. The number of hydrogen-bond acceptors (Lipinski definition) is 6. The molecule has 0 saturated carbocycles. The van der Waals surface area contributed by atoms with Gasteiger partial charge in [-0.1, -0.05) is 267 Å². The molecule has 0 atom stereocenters. The second kappa shape index (κ2) is 33.0. The lowest BCUT2D eigenvalue weighted by molar-refractivity contribution is 1.20. The van der Waals surface area contributed by atoms with Gasteiger partial charge in [-0.2, -0.15) is 0 Å². The third kappa shape index (κ3) is 16.1. The van der Waals surface area contributed by atoms with Crippen LogP contribution in [0.2, 0.25) is 0 Å². The highest BCUT2D eigenvalue weighted by atomic mass is 15.2. The highest BCUT2D eigenvalue weighted by molar-refractivity contribution is 5.96. The molecular formula is C101H82N6. The fourth-order valence-electron chi connectivity index (χ4n) is 13.9. The Morgan fingerprint density at radius 2 is 0.383 bits per heavy atom. The summed E-state index contributed by atoms with van der Waals surface area (Å²) < 4.78 is 0. The minimum absolute atomic E-state index is 1.12. The summed E-state index contributed by atoms with van der Waals surface area (Å²) in [4.78, 5) is 13.6. The van der Waals surface area contributed by atoms with E-state index in [9.17, 15) is 0 Å². The second-order valence-corrected chi connectivity index (χ2v) is 26.4. The summed E-state index contributed by atoms with van der Waals surface area (Å²) in [5, 5.41) is 5.00. The van der Waals surface area contributed by atoms with E-state index in [-0.39, 0.29) is 0 Å². The highest BCUT2D eigenvalue weighted by Gasteiger charge is 2.19. The number of fused-ring (bicyclic) bond motifs is 2. The van der Waals surface area contributed by atoms with Gasteiger partial charge in [-0.25, -0.2) is 0 Å². The molecule has 0 aromatic heterocycles. The van der Waals surface area contributed by atoms with Gasteiger partial charge >= 0.3 is 0 Å². The molecule has 0 saturated heterocycles. The first-order valence-corrected chi connectivity index (χ1v) is 36.4. The number of benzene rings is 17. The van der Waals surface area contributed by atoms with Crippen molar-refractivity contribution in [3.8, 4) is 33.4 Å². The quantitative estimate of drug-likeness (QED) is 0.0847. The van der Waals surface area contributed by atoms with E-state index in [2.05, 4.69) is 487 Å². The van der Waals surface area contributed by atoms with Gasteiger partial charge in [-0.05, 0) is 225 Å². The molecule has 0 bridgehead atoms. The molecule has 0 aliphatic carbocycles. The number of hydrogen-bond donors (Lipinski definition) is 0. The van der Waals surface area contributed by atoms with E-state index in [0.29, 0.717) is 0 Å². The van der Waals surface area contributed by atoms with Gasteiger partial charge in [0.25, 0.3) is 0 Å². The van der Waals surface area contributed by atoms with E-state index in [0.717, 1.165) is 68.2 Å². The SMILES string of the molecule is CN(c1ccc(N(c2ccccc2)c2cccc(-c3ccccc3)c2)cc1)c1ccc2ccccc2c1.CN(c1ccc(N(c2ccccc2)c2cccc(-c3ccccc3)c2)cc1)c1cccc2ccccc12.CN(c1ccccc1)c1ccc(N(c2ccccc2)c2cccc(-c3ccccc3)c2)cc1. The Hall–Kier alpha value is -13.9. The van der Waals surface area contributed by atoms with Crippen LogP contribution in [0.3, 0.4) is 0 Å². The van der Waals surface area contributed by atoms with Crippen molar-refractivity contribution in [3.05, 3.63) is 443 Å². The average Bonchev–Trinajstić information content (AvgIpc) is 0.789. The van der Waals surface area contributed by atoms with Crippen molar-refractivity contribution in [3.63, 3.8) is 0 Å². The van der Waals surface area contributed by atoms with Crippen LogP contribution < -0.4 is 29.4 Å². The lowest BCUT2D eigenvalue weighted by atomic mass is 10.0. The third-order valence-electron chi connectivity index (χ3n) is 19.6. The molecule has 6 heteroatoms. The standard InChI is InChI=1S/2C35H28N2.C31H26N2/c1-36(35-21-11-15-28-14-8-9-20-34(28)35)30-22-24-32(25-23-30)37(31-17-6-3-7-18-31)33-19-10-16-29(26-33)27-12-4-2-5-13-27;1-36(34-20-19-28-13-8-9-14-29(28)25-34)31-21-23-33(24-22-31)37(32-16-6-3-7-17-32)35-18-10-15-30(26-35)27-11-4-2-5-12-27;1-32(27-15-7-3-8-16-27)28-20-22-30(23-21-28)33(29-17-9-4-10-18-29)31-19-11-14-26(24-31)25-12-5-2-6-13-25/h2*2-26H,1H3;2-24H,1H3. The van der Waals surface area contributed by atoms with Gasteiger partial charge < -0.3 is 29.4 Å². The van der Waals surface area contributed by atoms with Crippen LogP contribution in [0.5, 0.6) is 0 Å². The Balaban J connectivity index is 0.000000129. The topological polar surface area (TPSA) is 19.4 Å². The summed E-state index contributed by atoms with van der Waals surface area (Å²) in [6.45, 7) is 0. The van der Waals surface area contributed by atoms with E-state index in [1.54, 1.807) is 0 Å². The van der Waals surface area contributed by atoms with Crippen molar-refractivity contribution < 1.29 is 0 Å². The molecule has 0 aliphatic rings. The number of para-hydroxylation sites is 4. The monoisotopic (exact) mass is 1380 g/mol. The molecule has 0 spiro atoms. The summed E-state index contributed by atoms with van der Waals surface area (Å²) in [6, 6.07) is 156. The molecule has 0 aliphatic heterocycles. The second-order valence-electron chi connectivity index (χ2n) is 26.4. The van der Waals surface area contributed by atoms with E-state index in [4.69, 9.17) is 0 Å². The molecule has 0 unspecified atom stereocenters. The van der Waals surface area contributed by atoms with Crippen LogP contribution in [0.4, 0.5) is 85.3 Å². The van der Waals surface area contributed by atoms with Crippen LogP contribution in [-0.2, 0) is 0 Å². The Morgan fingerprint density at radius 3 is 0.776 bits per heavy atom. The van der Waals surface area contributed by atoms with Gasteiger partial charge in [0, 0.05) is 112 Å². The van der Waals surface area contributed by atoms with Crippen LogP contribution in [0.15, 0.2) is 443 Å². The summed E-state index contributed by atoms with van der Waals surface area (Å²) in [6.07, 6.45) is 0. The van der Waals surface area contributed by atoms with Crippen molar-refractivity contribution >= 4 is 107 Å². The van der Waals surface area contributed by atoms with Crippen LogP contribution >= 0.6 is 0 Å². The molecule has 6 nitrogen and oxygen atoms in total. The summed E-state index contributed by atoms with van der Waals surface area (Å²) >= 11 is 0. The maximum absolute atomic E-state index is 2.31. The van der Waals surface area contributed by atoms with Crippen LogP contribution in [-0.4, -0.2) is 21.1 Å². The predicted octanol–water partition coefficient (Wildman–Crippen LogP) is 28.1. The van der Waals surface area contributed by atoms with E-state index in [1.165, 1.54) is 72.0 Å². The van der Waals surface area contributed by atoms with Gasteiger partial charge in [0.05, 0.1) is 0 Å². The summed E-state index contributed by atoms with van der Waals surface area (Å²) in [5.74, 6) is 0. The van der Waals surface area contributed by atoms with E-state index >= 15 is 0 Å². The Morgan fingerprint density at radius 1 is 0.140 bits per heavy atom. The van der Waals surface area contributed by atoms with Crippen molar-refractivity contribution in [2.45, 2.75) is 0 Å². The van der Waals surface area contributed by atoms with Gasteiger partial charge in [0.15, 0.2) is 0 Å². The fourth-order valence-corrected chi connectivity index (χ4v) is 13.9. The summed E-state index contributed by atoms with van der Waals surface area (Å²) in [5.41, 5.74) is 24.3. The maximum Gasteiger partial charge on any atom is 0.0487 e. The van der Waals surface area contributed by atoms with Gasteiger partial charge in [-0.3, -0.25) is 0 Å². The molecule has 0 heterocycles. The fraction of sp³-hybridized carbons (Fsp3) is 0.0297. The lowest BCUT2D eigenvalue weighted by Gasteiger charge is -2.27. The molecule has 0 radical (unpaired) electrons. The lowest BCUT2D eigenvalue weighted by Crippen LogP contribution is -2.12. The van der Waals surface area contributed by atoms with Crippen LogP contribution in [0.25, 0.3) is 54.9 Å².